The fraction of sp³-hybridized carbons (Fsp3) is 0.188. The highest BCUT2D eigenvalue weighted by Gasteiger charge is 2.17. The molecular formula is C16H16Cl2N2O3S. The van der Waals surface area contributed by atoms with Crippen LogP contribution < -0.4 is 9.62 Å². The summed E-state index contributed by atoms with van der Waals surface area (Å²) in [7, 11) is -1.98. The Morgan fingerprint density at radius 3 is 2.21 bits per heavy atom. The van der Waals surface area contributed by atoms with Gasteiger partial charge in [-0.2, -0.15) is 0 Å². The molecule has 0 fully saturated rings. The Bertz CT molecular complexity index is 878. The van der Waals surface area contributed by atoms with E-state index >= 15 is 0 Å². The maximum atomic E-state index is 12.4. The maximum absolute atomic E-state index is 12.4. The van der Waals surface area contributed by atoms with Gasteiger partial charge >= 0.3 is 0 Å². The zero-order chi connectivity index (χ0) is 18.1. The molecule has 8 heteroatoms. The number of aryl methyl sites for hydroxylation is 1. The number of hydrogen-bond donors (Lipinski definition) is 1. The maximum Gasteiger partial charge on any atom is 0.255 e. The molecule has 1 amide bonds. The molecule has 0 aliphatic carbocycles. The van der Waals surface area contributed by atoms with Gasteiger partial charge in [-0.25, -0.2) is 8.42 Å². The molecule has 24 heavy (non-hydrogen) atoms. The van der Waals surface area contributed by atoms with E-state index in [-0.39, 0.29) is 0 Å². The molecule has 0 radical (unpaired) electrons. The number of rotatable bonds is 4. The van der Waals surface area contributed by atoms with Gasteiger partial charge in [0.1, 0.15) is 0 Å². The molecule has 0 aliphatic rings. The van der Waals surface area contributed by atoms with Crippen LogP contribution in [0, 0.1) is 6.92 Å². The molecule has 0 spiro atoms. The molecule has 0 saturated carbocycles. The number of benzene rings is 2. The fourth-order valence-electron chi connectivity index (χ4n) is 2.10. The van der Waals surface area contributed by atoms with Gasteiger partial charge in [-0.3, -0.25) is 9.10 Å². The molecule has 1 N–H and O–H groups in total. The topological polar surface area (TPSA) is 66.5 Å². The van der Waals surface area contributed by atoms with Crippen LogP contribution in [0.5, 0.6) is 0 Å². The van der Waals surface area contributed by atoms with Gasteiger partial charge in [0.2, 0.25) is 10.0 Å². The molecule has 0 bridgehead atoms. The lowest BCUT2D eigenvalue weighted by atomic mass is 10.1. The molecule has 2 aromatic carbocycles. The summed E-state index contributed by atoms with van der Waals surface area (Å²) in [4.78, 5) is 12.4. The van der Waals surface area contributed by atoms with Crippen LogP contribution in [0.1, 0.15) is 15.9 Å². The van der Waals surface area contributed by atoms with Crippen LogP contribution in [0.4, 0.5) is 11.4 Å². The summed E-state index contributed by atoms with van der Waals surface area (Å²) < 4.78 is 24.6. The highest BCUT2D eigenvalue weighted by atomic mass is 35.5. The van der Waals surface area contributed by atoms with E-state index in [1.165, 1.54) is 13.1 Å². The minimum absolute atomic E-state index is 0.321. The lowest BCUT2D eigenvalue weighted by molar-refractivity contribution is 0.102. The number of sulfonamides is 1. The van der Waals surface area contributed by atoms with E-state index in [1.54, 1.807) is 37.3 Å². The zero-order valence-electron chi connectivity index (χ0n) is 13.3. The Kier molecular flexibility index (Phi) is 5.42. The van der Waals surface area contributed by atoms with Gasteiger partial charge in [0.15, 0.2) is 0 Å². The molecule has 0 saturated heterocycles. The average Bonchev–Trinajstić information content (AvgIpc) is 2.44. The van der Waals surface area contributed by atoms with Crippen molar-refractivity contribution in [3.05, 3.63) is 57.6 Å². The average molecular weight is 387 g/mol. The van der Waals surface area contributed by atoms with Crippen LogP contribution in [0.15, 0.2) is 36.4 Å². The monoisotopic (exact) mass is 386 g/mol. The van der Waals surface area contributed by atoms with Crippen molar-refractivity contribution < 1.29 is 13.2 Å². The highest BCUT2D eigenvalue weighted by Crippen LogP contribution is 2.25. The Morgan fingerprint density at radius 1 is 1.08 bits per heavy atom. The van der Waals surface area contributed by atoms with Crippen molar-refractivity contribution in [2.24, 2.45) is 0 Å². The van der Waals surface area contributed by atoms with E-state index in [1.807, 2.05) is 0 Å². The lowest BCUT2D eigenvalue weighted by Crippen LogP contribution is -2.26. The van der Waals surface area contributed by atoms with Crippen LogP contribution in [0.3, 0.4) is 0 Å². The third-order valence-corrected chi connectivity index (χ3v) is 5.06. The van der Waals surface area contributed by atoms with E-state index in [9.17, 15) is 13.2 Å². The van der Waals surface area contributed by atoms with Gasteiger partial charge in [-0.05, 0) is 42.8 Å². The Hall–Kier alpha value is -1.76. The van der Waals surface area contributed by atoms with E-state index in [4.69, 9.17) is 23.2 Å². The molecule has 0 unspecified atom stereocenters. The molecule has 0 heterocycles. The first-order valence-electron chi connectivity index (χ1n) is 6.90. The lowest BCUT2D eigenvalue weighted by Gasteiger charge is -2.19. The van der Waals surface area contributed by atoms with Gasteiger partial charge in [0.25, 0.3) is 5.91 Å². The molecule has 0 aliphatic heterocycles. The molecule has 128 valence electrons. The summed E-state index contributed by atoms with van der Waals surface area (Å²) in [5.41, 5.74) is 1.96. The first-order chi connectivity index (χ1) is 11.1. The van der Waals surface area contributed by atoms with Crippen LogP contribution in [-0.4, -0.2) is 27.6 Å². The number of carbonyl (C=O) groups is 1. The number of halogens is 2. The first kappa shape index (κ1) is 18.6. The number of nitrogens with zero attached hydrogens (tertiary/aromatic N) is 1. The molecule has 2 rings (SSSR count). The van der Waals surface area contributed by atoms with Crippen LogP contribution in [-0.2, 0) is 10.0 Å². The zero-order valence-corrected chi connectivity index (χ0v) is 15.6. The summed E-state index contributed by atoms with van der Waals surface area (Å²) in [6.45, 7) is 1.77. The second-order valence-corrected chi connectivity index (χ2v) is 8.23. The van der Waals surface area contributed by atoms with Crippen molar-refractivity contribution in [2.45, 2.75) is 6.92 Å². The van der Waals surface area contributed by atoms with Gasteiger partial charge in [-0.1, -0.05) is 29.3 Å². The molecule has 2 aromatic rings. The normalized spacial score (nSPS) is 11.2. The largest absolute Gasteiger partial charge is 0.322 e. The molecule has 0 atom stereocenters. The van der Waals surface area contributed by atoms with Crippen LogP contribution >= 0.6 is 23.2 Å². The summed E-state index contributed by atoms with van der Waals surface area (Å²) in [5.74, 6) is -0.392. The summed E-state index contributed by atoms with van der Waals surface area (Å²) in [6.07, 6.45) is 1.10. The quantitative estimate of drug-likeness (QED) is 0.864. The van der Waals surface area contributed by atoms with Gasteiger partial charge in [0, 0.05) is 28.3 Å². The smallest absolute Gasteiger partial charge is 0.255 e. The number of hydrogen-bond acceptors (Lipinski definition) is 3. The Balaban J connectivity index is 2.33. The third kappa shape index (κ3) is 4.41. The van der Waals surface area contributed by atoms with E-state index in [0.717, 1.165) is 16.1 Å². The third-order valence-electron chi connectivity index (χ3n) is 3.43. The highest BCUT2D eigenvalue weighted by molar-refractivity contribution is 7.92. The summed E-state index contributed by atoms with van der Waals surface area (Å²) >= 11 is 11.8. The molecule has 5 nitrogen and oxygen atoms in total. The standard InChI is InChI=1S/C16H16Cl2N2O3S/c1-10-4-5-11(6-15(10)20(2)24(3,22)23)16(21)19-14-8-12(17)7-13(18)9-14/h4-9H,1-3H3,(H,19,21). The Morgan fingerprint density at radius 2 is 1.67 bits per heavy atom. The van der Waals surface area contributed by atoms with Gasteiger partial charge in [-0.15, -0.1) is 0 Å². The van der Waals surface area contributed by atoms with E-state index < -0.39 is 15.9 Å². The minimum atomic E-state index is -3.42. The number of nitrogens with one attached hydrogen (secondary N) is 1. The van der Waals surface area contributed by atoms with Crippen molar-refractivity contribution in [1.29, 1.82) is 0 Å². The van der Waals surface area contributed by atoms with Crippen LogP contribution in [0.2, 0.25) is 10.0 Å². The number of amides is 1. The minimum Gasteiger partial charge on any atom is -0.322 e. The number of anilines is 2. The summed E-state index contributed by atoms with van der Waals surface area (Å²) in [5, 5.41) is 3.49. The number of carbonyl (C=O) groups excluding carboxylic acids is 1. The van der Waals surface area contributed by atoms with Crippen molar-refractivity contribution in [3.63, 3.8) is 0 Å². The second-order valence-electron chi connectivity index (χ2n) is 5.34. The van der Waals surface area contributed by atoms with Crippen molar-refractivity contribution in [2.75, 3.05) is 22.9 Å². The van der Waals surface area contributed by atoms with Crippen molar-refractivity contribution in [1.82, 2.24) is 0 Å². The first-order valence-corrected chi connectivity index (χ1v) is 9.50. The molecule has 0 aromatic heterocycles. The fourth-order valence-corrected chi connectivity index (χ4v) is 3.18. The van der Waals surface area contributed by atoms with Crippen molar-refractivity contribution >= 4 is 50.5 Å². The SMILES string of the molecule is Cc1ccc(C(=O)Nc2cc(Cl)cc(Cl)c2)cc1N(C)S(C)(=O)=O. The summed E-state index contributed by atoms with van der Waals surface area (Å²) in [6, 6.07) is 9.54. The van der Waals surface area contributed by atoms with Gasteiger partial charge in [0.05, 0.1) is 11.9 Å². The Labute approximate surface area is 151 Å². The predicted molar refractivity (Wildman–Crippen MR) is 98.8 cm³/mol. The van der Waals surface area contributed by atoms with E-state index in [0.29, 0.717) is 27.0 Å². The van der Waals surface area contributed by atoms with Gasteiger partial charge < -0.3 is 5.32 Å². The van der Waals surface area contributed by atoms with Crippen LogP contribution in [0.25, 0.3) is 0 Å². The van der Waals surface area contributed by atoms with E-state index in [2.05, 4.69) is 5.32 Å². The second kappa shape index (κ2) is 7.01. The molecular weight excluding hydrogens is 371 g/mol. The predicted octanol–water partition coefficient (Wildman–Crippen LogP) is 3.95. The van der Waals surface area contributed by atoms with Crippen molar-refractivity contribution in [3.8, 4) is 0 Å².